The standard InChI is InChI=1S/C12H21N3O4/c1-14-5-7-15(8-6-14)11(17)9-13-10(16)3-4-12(18)19-2/h3-9H2,1-2H3,(H,13,16). The third-order valence-electron chi connectivity index (χ3n) is 3.08. The van der Waals surface area contributed by atoms with Crippen LogP contribution in [0, 0.1) is 0 Å². The van der Waals surface area contributed by atoms with Gasteiger partial charge >= 0.3 is 5.97 Å². The molecule has 0 aromatic heterocycles. The molecule has 0 unspecified atom stereocenters. The van der Waals surface area contributed by atoms with Gasteiger partial charge in [0, 0.05) is 32.6 Å². The number of nitrogens with one attached hydrogen (secondary N) is 1. The average molecular weight is 271 g/mol. The topological polar surface area (TPSA) is 78.9 Å². The van der Waals surface area contributed by atoms with E-state index >= 15 is 0 Å². The van der Waals surface area contributed by atoms with Crippen LogP contribution >= 0.6 is 0 Å². The lowest BCUT2D eigenvalue weighted by atomic mass is 10.3. The van der Waals surface area contributed by atoms with E-state index in [2.05, 4.69) is 15.0 Å². The molecule has 1 N–H and O–H groups in total. The Hall–Kier alpha value is -1.63. The molecule has 7 heteroatoms. The zero-order valence-electron chi connectivity index (χ0n) is 11.5. The number of hydrogen-bond donors (Lipinski definition) is 1. The molecule has 1 saturated heterocycles. The van der Waals surface area contributed by atoms with Crippen molar-refractivity contribution in [3.63, 3.8) is 0 Å². The maximum absolute atomic E-state index is 11.8. The molecule has 0 aromatic rings. The van der Waals surface area contributed by atoms with Crippen LogP contribution in [0.2, 0.25) is 0 Å². The molecule has 108 valence electrons. The molecule has 0 spiro atoms. The molecule has 1 aliphatic rings. The molecule has 0 saturated carbocycles. The summed E-state index contributed by atoms with van der Waals surface area (Å²) in [6.45, 7) is 3.06. The molecular weight excluding hydrogens is 250 g/mol. The summed E-state index contributed by atoms with van der Waals surface area (Å²) >= 11 is 0. The van der Waals surface area contributed by atoms with Gasteiger partial charge in [-0.25, -0.2) is 0 Å². The van der Waals surface area contributed by atoms with E-state index in [1.165, 1.54) is 7.11 Å². The van der Waals surface area contributed by atoms with E-state index in [4.69, 9.17) is 0 Å². The lowest BCUT2D eigenvalue weighted by Crippen LogP contribution is -2.50. The average Bonchev–Trinajstić information content (AvgIpc) is 2.42. The minimum Gasteiger partial charge on any atom is -0.469 e. The van der Waals surface area contributed by atoms with E-state index in [0.717, 1.165) is 13.1 Å². The fourth-order valence-electron chi connectivity index (χ4n) is 1.75. The van der Waals surface area contributed by atoms with E-state index in [1.807, 2.05) is 7.05 Å². The van der Waals surface area contributed by atoms with Crippen LogP contribution in [0.25, 0.3) is 0 Å². The minimum absolute atomic E-state index is 0.0102. The summed E-state index contributed by atoms with van der Waals surface area (Å²) in [6.07, 6.45) is 0.0771. The Labute approximate surface area is 112 Å². The summed E-state index contributed by atoms with van der Waals surface area (Å²) in [5.74, 6) is -0.826. The van der Waals surface area contributed by atoms with E-state index in [0.29, 0.717) is 13.1 Å². The first-order valence-corrected chi connectivity index (χ1v) is 6.32. The molecule has 0 atom stereocenters. The van der Waals surface area contributed by atoms with Crippen molar-refractivity contribution in [2.75, 3.05) is 46.9 Å². The van der Waals surface area contributed by atoms with Crippen molar-refractivity contribution >= 4 is 17.8 Å². The van der Waals surface area contributed by atoms with Crippen molar-refractivity contribution in [2.24, 2.45) is 0 Å². The monoisotopic (exact) mass is 271 g/mol. The van der Waals surface area contributed by atoms with Crippen LogP contribution in [0.15, 0.2) is 0 Å². The minimum atomic E-state index is -0.430. The highest BCUT2D eigenvalue weighted by Crippen LogP contribution is 1.99. The Morgan fingerprint density at radius 3 is 2.32 bits per heavy atom. The number of esters is 1. The van der Waals surface area contributed by atoms with Crippen molar-refractivity contribution in [3.8, 4) is 0 Å². The van der Waals surface area contributed by atoms with Gasteiger partial charge in [0.25, 0.3) is 0 Å². The summed E-state index contributed by atoms with van der Waals surface area (Å²) in [5.41, 5.74) is 0. The second-order valence-corrected chi connectivity index (χ2v) is 4.54. The largest absolute Gasteiger partial charge is 0.469 e. The van der Waals surface area contributed by atoms with Crippen molar-refractivity contribution in [2.45, 2.75) is 12.8 Å². The number of amides is 2. The fourth-order valence-corrected chi connectivity index (χ4v) is 1.75. The maximum Gasteiger partial charge on any atom is 0.306 e. The number of piperazine rings is 1. The highest BCUT2D eigenvalue weighted by molar-refractivity contribution is 5.86. The number of rotatable bonds is 5. The first-order chi connectivity index (χ1) is 9.02. The van der Waals surface area contributed by atoms with E-state index in [9.17, 15) is 14.4 Å². The fraction of sp³-hybridized carbons (Fsp3) is 0.750. The van der Waals surface area contributed by atoms with Gasteiger partial charge in [-0.2, -0.15) is 0 Å². The van der Waals surface area contributed by atoms with Gasteiger partial charge in [0.05, 0.1) is 20.1 Å². The third kappa shape index (κ3) is 5.69. The number of carbonyl (C=O) groups excluding carboxylic acids is 3. The van der Waals surface area contributed by atoms with Gasteiger partial charge in [0.2, 0.25) is 11.8 Å². The Morgan fingerprint density at radius 2 is 1.74 bits per heavy atom. The molecule has 1 heterocycles. The SMILES string of the molecule is COC(=O)CCC(=O)NCC(=O)N1CCN(C)CC1. The van der Waals surface area contributed by atoms with Gasteiger partial charge in [-0.1, -0.05) is 0 Å². The van der Waals surface area contributed by atoms with Crippen LogP contribution in [-0.2, 0) is 19.1 Å². The summed E-state index contributed by atoms with van der Waals surface area (Å²) in [5, 5.41) is 2.52. The summed E-state index contributed by atoms with van der Waals surface area (Å²) < 4.78 is 4.43. The van der Waals surface area contributed by atoms with Crippen LogP contribution in [0.1, 0.15) is 12.8 Å². The maximum atomic E-state index is 11.8. The predicted octanol–water partition coefficient (Wildman–Crippen LogP) is -1.17. The van der Waals surface area contributed by atoms with E-state index in [-0.39, 0.29) is 31.2 Å². The van der Waals surface area contributed by atoms with Crippen molar-refractivity contribution in [3.05, 3.63) is 0 Å². The second-order valence-electron chi connectivity index (χ2n) is 4.54. The van der Waals surface area contributed by atoms with E-state index < -0.39 is 5.97 Å². The number of ether oxygens (including phenoxy) is 1. The van der Waals surface area contributed by atoms with Gasteiger partial charge < -0.3 is 19.9 Å². The van der Waals surface area contributed by atoms with Crippen LogP contribution in [-0.4, -0.2) is 74.5 Å². The Balaban J connectivity index is 2.19. The quantitative estimate of drug-likeness (QED) is 0.637. The van der Waals surface area contributed by atoms with Crippen LogP contribution < -0.4 is 5.32 Å². The Morgan fingerprint density at radius 1 is 1.11 bits per heavy atom. The lowest BCUT2D eigenvalue weighted by molar-refractivity contribution is -0.142. The zero-order valence-corrected chi connectivity index (χ0v) is 11.5. The van der Waals surface area contributed by atoms with Crippen molar-refractivity contribution in [1.29, 1.82) is 0 Å². The first-order valence-electron chi connectivity index (χ1n) is 6.32. The molecule has 1 fully saturated rings. The summed E-state index contributed by atoms with van der Waals surface area (Å²) in [6, 6.07) is 0. The van der Waals surface area contributed by atoms with Gasteiger partial charge in [0.15, 0.2) is 0 Å². The van der Waals surface area contributed by atoms with Crippen molar-refractivity contribution < 1.29 is 19.1 Å². The highest BCUT2D eigenvalue weighted by Gasteiger charge is 2.19. The number of hydrogen-bond acceptors (Lipinski definition) is 5. The molecular formula is C12H21N3O4. The third-order valence-corrected chi connectivity index (χ3v) is 3.08. The number of likely N-dealkylation sites (N-methyl/N-ethyl adjacent to an activating group) is 1. The molecule has 7 nitrogen and oxygen atoms in total. The molecule has 0 aliphatic carbocycles. The first kappa shape index (κ1) is 15.4. The number of nitrogens with zero attached hydrogens (tertiary/aromatic N) is 2. The van der Waals surface area contributed by atoms with Crippen LogP contribution in [0.3, 0.4) is 0 Å². The van der Waals surface area contributed by atoms with Crippen LogP contribution in [0.5, 0.6) is 0 Å². The van der Waals surface area contributed by atoms with Gasteiger partial charge in [-0.05, 0) is 7.05 Å². The van der Waals surface area contributed by atoms with E-state index in [1.54, 1.807) is 4.90 Å². The molecule has 0 aromatic carbocycles. The van der Waals surface area contributed by atoms with Crippen molar-refractivity contribution in [1.82, 2.24) is 15.1 Å². The predicted molar refractivity (Wildman–Crippen MR) is 68.3 cm³/mol. The number of carbonyl (C=O) groups is 3. The lowest BCUT2D eigenvalue weighted by Gasteiger charge is -2.32. The molecule has 0 radical (unpaired) electrons. The zero-order chi connectivity index (χ0) is 14.3. The molecule has 19 heavy (non-hydrogen) atoms. The Kier molecular flexibility index (Phi) is 6.27. The smallest absolute Gasteiger partial charge is 0.306 e. The number of methoxy groups -OCH3 is 1. The van der Waals surface area contributed by atoms with Crippen LogP contribution in [0.4, 0.5) is 0 Å². The second kappa shape index (κ2) is 7.73. The molecule has 1 aliphatic heterocycles. The molecule has 1 rings (SSSR count). The molecule has 0 bridgehead atoms. The molecule has 2 amide bonds. The normalized spacial score (nSPS) is 16.0. The van der Waals surface area contributed by atoms with Gasteiger partial charge in [-0.15, -0.1) is 0 Å². The van der Waals surface area contributed by atoms with Gasteiger partial charge in [-0.3, -0.25) is 14.4 Å². The van der Waals surface area contributed by atoms with Gasteiger partial charge in [0.1, 0.15) is 0 Å². The summed E-state index contributed by atoms with van der Waals surface area (Å²) in [4.78, 5) is 37.9. The summed E-state index contributed by atoms with van der Waals surface area (Å²) in [7, 11) is 3.29. The Bertz CT molecular complexity index is 338. The highest BCUT2D eigenvalue weighted by atomic mass is 16.5.